The van der Waals surface area contributed by atoms with Gasteiger partial charge in [-0.05, 0) is 0 Å². The molecule has 0 radical (unpaired) electrons. The Balaban J connectivity index is 0. The Bertz CT molecular complexity index is 126. The van der Waals surface area contributed by atoms with Crippen molar-refractivity contribution in [2.24, 2.45) is 5.73 Å². The molecule has 4 nitrogen and oxygen atoms in total. The van der Waals surface area contributed by atoms with Crippen LogP contribution in [-0.4, -0.2) is 25.3 Å². The summed E-state index contributed by atoms with van der Waals surface area (Å²) >= 11 is 4.24. The van der Waals surface area contributed by atoms with Crippen LogP contribution in [0.4, 0.5) is 0 Å². The summed E-state index contributed by atoms with van der Waals surface area (Å²) in [7, 11) is 1.54. The van der Waals surface area contributed by atoms with Gasteiger partial charge >= 0.3 is 0 Å². The molecular formula is C6H12I2N2O2. The molecule has 0 aliphatic heterocycles. The van der Waals surface area contributed by atoms with Gasteiger partial charge in [0.05, 0.1) is 6.54 Å². The molecule has 0 aromatic heterocycles. The van der Waals surface area contributed by atoms with E-state index in [-0.39, 0.29) is 31.1 Å². The van der Waals surface area contributed by atoms with Crippen molar-refractivity contribution < 1.29 is 9.59 Å². The van der Waals surface area contributed by atoms with Crippen molar-refractivity contribution in [3.63, 3.8) is 0 Å². The van der Waals surface area contributed by atoms with Crippen molar-refractivity contribution in [2.45, 2.75) is 12.8 Å². The number of hydrogen-bond acceptors (Lipinski definition) is 3. The maximum atomic E-state index is 10.5. The predicted molar refractivity (Wildman–Crippen MR) is 65.4 cm³/mol. The van der Waals surface area contributed by atoms with Gasteiger partial charge in [0.15, 0.2) is 0 Å². The summed E-state index contributed by atoms with van der Waals surface area (Å²) in [5.74, 6) is -0.203. The van der Waals surface area contributed by atoms with Crippen LogP contribution in [0.5, 0.6) is 0 Å². The van der Waals surface area contributed by atoms with Crippen molar-refractivity contribution in [1.82, 2.24) is 5.32 Å². The zero-order chi connectivity index (χ0) is 9.98. The van der Waals surface area contributed by atoms with Crippen LogP contribution in [0.2, 0.25) is 0 Å². The third-order valence-electron chi connectivity index (χ3n) is 1.14. The van der Waals surface area contributed by atoms with Gasteiger partial charge in [-0.15, -0.1) is 0 Å². The summed E-state index contributed by atoms with van der Waals surface area (Å²) in [6.07, 6.45) is 0.489. The first-order valence-corrected chi connectivity index (χ1v) is 9.56. The molecule has 0 unspecified atom stereocenters. The lowest BCUT2D eigenvalue weighted by Gasteiger charge is -1.96. The van der Waals surface area contributed by atoms with Crippen molar-refractivity contribution in [3.05, 3.63) is 0 Å². The minimum absolute atomic E-state index is 0.0248. The van der Waals surface area contributed by atoms with E-state index in [9.17, 15) is 9.59 Å². The Hall–Kier alpha value is 0.560. The number of carbonyl (C=O) groups is 2. The topological polar surface area (TPSA) is 72.2 Å². The lowest BCUT2D eigenvalue weighted by atomic mass is 10.2. The first kappa shape index (κ1) is 15.1. The van der Waals surface area contributed by atoms with E-state index in [1.165, 1.54) is 7.05 Å². The monoisotopic (exact) mass is 398 g/mol. The lowest BCUT2D eigenvalue weighted by Crippen LogP contribution is -2.21. The van der Waals surface area contributed by atoms with Crippen LogP contribution in [-0.2, 0) is 9.59 Å². The van der Waals surface area contributed by atoms with Crippen LogP contribution >= 0.6 is 37.2 Å². The highest BCUT2D eigenvalue weighted by Gasteiger charge is 2.02. The largest absolute Gasteiger partial charge is 0.359 e. The van der Waals surface area contributed by atoms with Crippen molar-refractivity contribution >= 4 is 48.9 Å². The van der Waals surface area contributed by atoms with Crippen molar-refractivity contribution in [2.75, 3.05) is 13.6 Å². The molecule has 72 valence electrons. The number of rotatable bonds is 4. The first-order valence-electron chi connectivity index (χ1n) is 3.27. The van der Waals surface area contributed by atoms with E-state index in [0.717, 1.165) is 0 Å². The zero-order valence-corrected chi connectivity index (χ0v) is 11.1. The number of nitrogens with two attached hydrogens (primary N) is 1. The smallest absolute Gasteiger partial charge is 0.220 e. The SMILES string of the molecule is CNC(=O)CCC(=O)CN.II. The molecule has 0 fully saturated rings. The normalized spacial score (nSPS) is 8.00. The lowest BCUT2D eigenvalue weighted by molar-refractivity contribution is -0.124. The Morgan fingerprint density at radius 1 is 1.33 bits per heavy atom. The molecule has 0 saturated carbocycles. The molecule has 0 aromatic rings. The molecule has 3 N–H and O–H groups in total. The molecule has 6 heteroatoms. The molecule has 0 atom stereocenters. The maximum Gasteiger partial charge on any atom is 0.220 e. The summed E-state index contributed by atoms with van der Waals surface area (Å²) in [5.41, 5.74) is 5.02. The number of nitrogens with one attached hydrogen (secondary N) is 1. The average Bonchev–Trinajstić information content (AvgIpc) is 2.16. The number of halogens is 2. The molecule has 0 saturated heterocycles. The van der Waals surface area contributed by atoms with Crippen molar-refractivity contribution in [3.8, 4) is 0 Å². The van der Waals surface area contributed by atoms with E-state index in [0.29, 0.717) is 0 Å². The summed E-state index contributed by atoms with van der Waals surface area (Å²) in [4.78, 5) is 21.1. The fourth-order valence-corrected chi connectivity index (χ4v) is 0.480. The van der Waals surface area contributed by atoms with Gasteiger partial charge in [-0.1, -0.05) is 0 Å². The molecule has 0 aromatic carbocycles. The Morgan fingerprint density at radius 2 is 1.83 bits per heavy atom. The first-order chi connectivity index (χ1) is 5.70. The van der Waals surface area contributed by atoms with Gasteiger partial charge in [-0.25, -0.2) is 0 Å². The third kappa shape index (κ3) is 10.6. The fourth-order valence-electron chi connectivity index (χ4n) is 0.480. The highest BCUT2D eigenvalue weighted by atomic mass is 128. The van der Waals surface area contributed by atoms with E-state index in [4.69, 9.17) is 5.73 Å². The van der Waals surface area contributed by atoms with Gasteiger partial charge in [0.1, 0.15) is 5.78 Å². The molecule has 1 amide bonds. The number of amides is 1. The third-order valence-corrected chi connectivity index (χ3v) is 1.14. The molecule has 0 aliphatic rings. The molecule has 12 heavy (non-hydrogen) atoms. The number of ketones is 1. The van der Waals surface area contributed by atoms with Crippen molar-refractivity contribution in [1.29, 1.82) is 0 Å². The van der Waals surface area contributed by atoms with Crippen LogP contribution in [0, 0.1) is 0 Å². The van der Waals surface area contributed by atoms with Gasteiger partial charge in [0.25, 0.3) is 0 Å². The van der Waals surface area contributed by atoms with Crippen LogP contribution in [0.25, 0.3) is 0 Å². The Labute approximate surface area is 95.3 Å². The van der Waals surface area contributed by atoms with Crippen LogP contribution in [0.15, 0.2) is 0 Å². The molecule has 0 rings (SSSR count). The summed E-state index contributed by atoms with van der Waals surface area (Å²) in [5, 5.41) is 2.41. The van der Waals surface area contributed by atoms with E-state index in [1.807, 2.05) is 0 Å². The minimum atomic E-state index is -0.123. The molecule has 0 spiro atoms. The van der Waals surface area contributed by atoms with Crippen LogP contribution in [0.1, 0.15) is 12.8 Å². The highest BCUT2D eigenvalue weighted by Crippen LogP contribution is 1.89. The predicted octanol–water partition coefficient (Wildman–Crippen LogP) is 0.812. The highest BCUT2D eigenvalue weighted by molar-refractivity contribution is 15.0. The standard InChI is InChI=1S/C6H12N2O2.I2/c1-8-6(10)3-2-5(9)4-7;1-2/h2-4,7H2,1H3,(H,8,10);. The van der Waals surface area contributed by atoms with E-state index in [2.05, 4.69) is 42.5 Å². The van der Waals surface area contributed by atoms with E-state index < -0.39 is 0 Å². The Kier molecular flexibility index (Phi) is 14.5. The zero-order valence-electron chi connectivity index (χ0n) is 6.77. The minimum Gasteiger partial charge on any atom is -0.359 e. The van der Waals surface area contributed by atoms with Gasteiger partial charge in [0, 0.05) is 57.1 Å². The molecule has 0 aliphatic carbocycles. The van der Waals surface area contributed by atoms with Gasteiger partial charge in [0.2, 0.25) is 5.91 Å². The van der Waals surface area contributed by atoms with Gasteiger partial charge in [-0.2, -0.15) is 0 Å². The van der Waals surface area contributed by atoms with Crippen LogP contribution < -0.4 is 11.1 Å². The van der Waals surface area contributed by atoms with Crippen LogP contribution in [0.3, 0.4) is 0 Å². The second kappa shape index (κ2) is 11.6. The second-order valence-electron chi connectivity index (χ2n) is 1.92. The Morgan fingerprint density at radius 3 is 2.17 bits per heavy atom. The summed E-state index contributed by atoms with van der Waals surface area (Å²) in [6, 6.07) is 0. The quantitative estimate of drug-likeness (QED) is 0.689. The van der Waals surface area contributed by atoms with E-state index in [1.54, 1.807) is 0 Å². The number of Topliss-reactive ketones (excluding diaryl/α,β-unsaturated/α-hetero) is 1. The average molecular weight is 398 g/mol. The summed E-state index contributed by atoms with van der Waals surface area (Å²) < 4.78 is 0. The molecular weight excluding hydrogens is 386 g/mol. The fraction of sp³-hybridized carbons (Fsp3) is 0.667. The number of carbonyl (C=O) groups excluding carboxylic acids is 2. The summed E-state index contributed by atoms with van der Waals surface area (Å²) in [6.45, 7) is 0.0248. The maximum absolute atomic E-state index is 10.5. The second-order valence-corrected chi connectivity index (χ2v) is 1.92. The molecule has 0 heterocycles. The van der Waals surface area contributed by atoms with Gasteiger partial charge in [-0.3, -0.25) is 9.59 Å². The van der Waals surface area contributed by atoms with Gasteiger partial charge < -0.3 is 11.1 Å². The number of hydrogen-bond donors (Lipinski definition) is 2. The molecule has 0 bridgehead atoms. The van der Waals surface area contributed by atoms with E-state index >= 15 is 0 Å².